The van der Waals surface area contributed by atoms with Crippen molar-refractivity contribution in [2.75, 3.05) is 0 Å². The first-order chi connectivity index (χ1) is 19.7. The van der Waals surface area contributed by atoms with Crippen molar-refractivity contribution in [1.82, 2.24) is 0 Å². The predicted octanol–water partition coefficient (Wildman–Crippen LogP) is 6.81. The van der Waals surface area contributed by atoms with Crippen LogP contribution in [0.2, 0.25) is 0 Å². The van der Waals surface area contributed by atoms with E-state index in [0.717, 1.165) is 0 Å². The van der Waals surface area contributed by atoms with E-state index in [2.05, 4.69) is 0 Å². The molecule has 4 unspecified atom stereocenters. The van der Waals surface area contributed by atoms with Crippen LogP contribution in [0.5, 0.6) is 11.5 Å². The number of hydrogen-bond acceptors (Lipinski definition) is 11. The summed E-state index contributed by atoms with van der Waals surface area (Å²) in [6.07, 6.45) is -3.22. The SMILES string of the molecule is CCC(C)(C)OC(=O)Oc1ccc(C(C(C)C(C)OC(=O)OC(C)C(C)C)[C@H](N)C(=O)O)cc1OC(=O)OC(C)(C)CC. The maximum atomic E-state index is 12.7. The summed E-state index contributed by atoms with van der Waals surface area (Å²) in [7, 11) is 0. The first-order valence-electron chi connectivity index (χ1n) is 14.5. The van der Waals surface area contributed by atoms with E-state index in [9.17, 15) is 24.3 Å². The second-order valence-corrected chi connectivity index (χ2v) is 12.2. The molecule has 1 aromatic rings. The smallest absolute Gasteiger partial charge is 0.480 e. The number of carboxylic acid groups (broad SMARTS) is 1. The summed E-state index contributed by atoms with van der Waals surface area (Å²) in [6.45, 7) is 19.3. The highest BCUT2D eigenvalue weighted by Crippen LogP contribution is 2.38. The number of nitrogens with two attached hydrogens (primary N) is 1. The zero-order chi connectivity index (χ0) is 33.3. The van der Waals surface area contributed by atoms with Crippen molar-refractivity contribution in [3.8, 4) is 11.5 Å². The molecule has 0 fully saturated rings. The molecular formula is C31H49NO11. The Morgan fingerprint density at radius 2 is 1.23 bits per heavy atom. The Balaban J connectivity index is 3.50. The lowest BCUT2D eigenvalue weighted by atomic mass is 9.79. The lowest BCUT2D eigenvalue weighted by Crippen LogP contribution is -2.43. The van der Waals surface area contributed by atoms with Crippen LogP contribution in [0.3, 0.4) is 0 Å². The van der Waals surface area contributed by atoms with Crippen LogP contribution in [-0.4, -0.2) is 59.0 Å². The van der Waals surface area contributed by atoms with Gasteiger partial charge in [-0.3, -0.25) is 4.79 Å². The fraction of sp³-hybridized carbons (Fsp3) is 0.677. The van der Waals surface area contributed by atoms with Crippen LogP contribution in [0.1, 0.15) is 100 Å². The van der Waals surface area contributed by atoms with E-state index < -0.39 is 65.7 Å². The zero-order valence-corrected chi connectivity index (χ0v) is 27.2. The summed E-state index contributed by atoms with van der Waals surface area (Å²) in [6, 6.07) is 2.70. The average molecular weight is 612 g/mol. The molecule has 0 saturated heterocycles. The first kappa shape index (κ1) is 37.5. The fourth-order valence-corrected chi connectivity index (χ4v) is 3.57. The van der Waals surface area contributed by atoms with Crippen LogP contribution in [-0.2, 0) is 23.7 Å². The van der Waals surface area contributed by atoms with Crippen molar-refractivity contribution < 1.29 is 52.7 Å². The van der Waals surface area contributed by atoms with E-state index in [1.54, 1.807) is 48.5 Å². The molecule has 12 heteroatoms. The van der Waals surface area contributed by atoms with Gasteiger partial charge in [0.15, 0.2) is 11.5 Å². The largest absolute Gasteiger partial charge is 0.514 e. The second-order valence-electron chi connectivity index (χ2n) is 12.2. The second kappa shape index (κ2) is 15.8. The van der Waals surface area contributed by atoms with Crippen molar-refractivity contribution >= 4 is 24.4 Å². The maximum absolute atomic E-state index is 12.7. The molecule has 1 rings (SSSR count). The molecule has 0 radical (unpaired) electrons. The molecule has 0 bridgehead atoms. The summed E-state index contributed by atoms with van der Waals surface area (Å²) in [4.78, 5) is 49.7. The third-order valence-electron chi connectivity index (χ3n) is 7.64. The van der Waals surface area contributed by atoms with Gasteiger partial charge in [0.1, 0.15) is 29.5 Å². The number of carbonyl (C=O) groups is 4. The Kier molecular flexibility index (Phi) is 13.8. The molecular weight excluding hydrogens is 562 g/mol. The Morgan fingerprint density at radius 1 is 0.767 bits per heavy atom. The number of aliphatic carboxylic acids is 1. The van der Waals surface area contributed by atoms with Gasteiger partial charge in [-0.25, -0.2) is 14.4 Å². The molecule has 0 aliphatic rings. The number of rotatable bonds is 14. The number of carboxylic acids is 1. The van der Waals surface area contributed by atoms with Gasteiger partial charge in [-0.1, -0.05) is 40.7 Å². The fourth-order valence-electron chi connectivity index (χ4n) is 3.57. The quantitative estimate of drug-likeness (QED) is 0.128. The molecule has 1 aromatic carbocycles. The van der Waals surface area contributed by atoms with E-state index in [4.69, 9.17) is 34.2 Å². The average Bonchev–Trinajstić information content (AvgIpc) is 2.89. The van der Waals surface area contributed by atoms with E-state index in [0.29, 0.717) is 18.4 Å². The normalized spacial score (nSPS) is 15.4. The highest BCUT2D eigenvalue weighted by Gasteiger charge is 2.36. The molecule has 0 amide bonds. The van der Waals surface area contributed by atoms with Crippen molar-refractivity contribution in [2.24, 2.45) is 17.6 Å². The Morgan fingerprint density at radius 3 is 1.67 bits per heavy atom. The molecule has 0 aromatic heterocycles. The highest BCUT2D eigenvalue weighted by molar-refractivity contribution is 5.75. The molecule has 0 aliphatic carbocycles. The number of benzene rings is 1. The number of ether oxygens (including phenoxy) is 6. The van der Waals surface area contributed by atoms with E-state index >= 15 is 0 Å². The van der Waals surface area contributed by atoms with E-state index in [1.807, 2.05) is 27.7 Å². The van der Waals surface area contributed by atoms with Gasteiger partial charge < -0.3 is 39.3 Å². The van der Waals surface area contributed by atoms with E-state index in [-0.39, 0.29) is 17.4 Å². The van der Waals surface area contributed by atoms with Crippen LogP contribution >= 0.6 is 0 Å². The van der Waals surface area contributed by atoms with Crippen LogP contribution in [0.25, 0.3) is 0 Å². The van der Waals surface area contributed by atoms with Crippen LogP contribution in [0.4, 0.5) is 14.4 Å². The topological polar surface area (TPSA) is 170 Å². The van der Waals surface area contributed by atoms with Crippen molar-refractivity contribution in [2.45, 2.75) is 124 Å². The Hall–Kier alpha value is -3.54. The number of carbonyl (C=O) groups excluding carboxylic acids is 3. The van der Waals surface area contributed by atoms with Crippen molar-refractivity contribution in [3.05, 3.63) is 23.8 Å². The summed E-state index contributed by atoms with van der Waals surface area (Å²) in [5.74, 6) is -3.25. The molecule has 244 valence electrons. The van der Waals surface area contributed by atoms with Gasteiger partial charge in [0.25, 0.3) is 0 Å². The molecule has 5 atom stereocenters. The summed E-state index contributed by atoms with van der Waals surface area (Å²) < 4.78 is 32.3. The first-order valence-corrected chi connectivity index (χ1v) is 14.5. The lowest BCUT2D eigenvalue weighted by molar-refractivity contribution is -0.139. The minimum atomic E-state index is -1.45. The standard InChI is InChI=1S/C31H49NO11/c1-12-30(8,9)42-28(36)40-22-15-14-21(16-23(22)41-29(37)43-31(10,11)13-2)24(25(32)26(33)34)18(5)20(7)39-27(35)38-19(6)17(3)4/h14-20,24-25H,12-13,32H2,1-11H3,(H,33,34)/t18?,19?,20?,24?,25-/m0/s1. The molecule has 0 heterocycles. The summed E-state index contributed by atoms with van der Waals surface area (Å²) in [5, 5.41) is 9.83. The lowest BCUT2D eigenvalue weighted by Gasteiger charge is -2.32. The molecule has 12 nitrogen and oxygen atoms in total. The molecule has 0 saturated carbocycles. The molecule has 3 N–H and O–H groups in total. The predicted molar refractivity (Wildman–Crippen MR) is 158 cm³/mol. The van der Waals surface area contributed by atoms with Crippen LogP contribution in [0.15, 0.2) is 18.2 Å². The van der Waals surface area contributed by atoms with Crippen molar-refractivity contribution in [1.29, 1.82) is 0 Å². The minimum absolute atomic E-state index is 0.0625. The van der Waals surface area contributed by atoms with Crippen LogP contribution < -0.4 is 15.2 Å². The van der Waals surface area contributed by atoms with E-state index in [1.165, 1.54) is 18.2 Å². The monoisotopic (exact) mass is 611 g/mol. The summed E-state index contributed by atoms with van der Waals surface area (Å²) in [5.41, 5.74) is 4.78. The van der Waals surface area contributed by atoms with Gasteiger partial charge in [0, 0.05) is 11.8 Å². The van der Waals surface area contributed by atoms with Crippen molar-refractivity contribution in [3.63, 3.8) is 0 Å². The highest BCUT2D eigenvalue weighted by atomic mass is 16.8. The van der Waals surface area contributed by atoms with Gasteiger partial charge in [-0.05, 0) is 78.0 Å². The molecule has 0 spiro atoms. The maximum Gasteiger partial charge on any atom is 0.514 e. The third kappa shape index (κ3) is 11.9. The van der Waals surface area contributed by atoms with Gasteiger partial charge in [0.05, 0.1) is 0 Å². The number of hydrogen-bond donors (Lipinski definition) is 2. The summed E-state index contributed by atoms with van der Waals surface area (Å²) >= 11 is 0. The molecule has 43 heavy (non-hydrogen) atoms. The Labute approximate surface area is 254 Å². The third-order valence-corrected chi connectivity index (χ3v) is 7.64. The van der Waals surface area contributed by atoms with Gasteiger partial charge in [0.2, 0.25) is 0 Å². The van der Waals surface area contributed by atoms with Gasteiger partial charge in [-0.15, -0.1) is 0 Å². The Bertz CT molecular complexity index is 1110. The van der Waals surface area contributed by atoms with Gasteiger partial charge in [-0.2, -0.15) is 0 Å². The van der Waals surface area contributed by atoms with Gasteiger partial charge >= 0.3 is 24.4 Å². The van der Waals surface area contributed by atoms with Crippen LogP contribution in [0, 0.1) is 11.8 Å². The minimum Gasteiger partial charge on any atom is -0.480 e. The molecule has 0 aliphatic heterocycles. The zero-order valence-electron chi connectivity index (χ0n) is 27.2.